The maximum absolute atomic E-state index is 13.9. The molecule has 0 atom stereocenters. The molecule has 0 aliphatic rings. The van der Waals surface area contributed by atoms with Gasteiger partial charge >= 0.3 is 6.18 Å². The topological polar surface area (TPSA) is 72.7 Å². The maximum atomic E-state index is 13.9. The molecule has 33 heavy (non-hydrogen) atoms. The zero-order valence-electron chi connectivity index (χ0n) is 17.0. The SMILES string of the molecule is Cc1cc(Sc2ncccn2)ccc1NC(=O)c1cnn(-c2cccc(Cl)c2)c1C(F)(F)F. The Morgan fingerprint density at radius 1 is 1.09 bits per heavy atom. The third kappa shape index (κ3) is 5.18. The highest BCUT2D eigenvalue weighted by Crippen LogP contribution is 2.35. The third-order valence-corrected chi connectivity index (χ3v) is 5.65. The molecule has 6 nitrogen and oxygen atoms in total. The Bertz CT molecular complexity index is 1310. The van der Waals surface area contributed by atoms with Crippen LogP contribution < -0.4 is 5.32 Å². The Kier molecular flexibility index (Phi) is 6.39. The van der Waals surface area contributed by atoms with Crippen LogP contribution in [-0.2, 0) is 6.18 Å². The van der Waals surface area contributed by atoms with E-state index in [2.05, 4.69) is 20.4 Å². The van der Waals surface area contributed by atoms with E-state index in [9.17, 15) is 18.0 Å². The highest BCUT2D eigenvalue weighted by atomic mass is 35.5. The minimum absolute atomic E-state index is 0.0922. The minimum Gasteiger partial charge on any atom is -0.322 e. The van der Waals surface area contributed by atoms with Crippen molar-refractivity contribution in [3.05, 3.63) is 89.0 Å². The summed E-state index contributed by atoms with van der Waals surface area (Å²) < 4.78 is 42.3. The number of anilines is 1. The first kappa shape index (κ1) is 22.8. The normalized spacial score (nSPS) is 11.4. The predicted octanol–water partition coefficient (Wildman–Crippen LogP) is 6.05. The first-order valence-electron chi connectivity index (χ1n) is 9.50. The van der Waals surface area contributed by atoms with Crippen LogP contribution in [0.4, 0.5) is 18.9 Å². The molecule has 0 aliphatic heterocycles. The van der Waals surface area contributed by atoms with Crippen LogP contribution in [0.2, 0.25) is 5.02 Å². The van der Waals surface area contributed by atoms with Crippen LogP contribution in [0.15, 0.2) is 77.2 Å². The van der Waals surface area contributed by atoms with Crippen molar-refractivity contribution in [1.82, 2.24) is 19.7 Å². The van der Waals surface area contributed by atoms with Gasteiger partial charge in [-0.25, -0.2) is 14.6 Å². The molecule has 168 valence electrons. The van der Waals surface area contributed by atoms with E-state index in [4.69, 9.17) is 11.6 Å². The molecular weight excluding hydrogens is 475 g/mol. The first-order valence-corrected chi connectivity index (χ1v) is 10.7. The van der Waals surface area contributed by atoms with E-state index >= 15 is 0 Å². The number of aromatic nitrogens is 4. The quantitative estimate of drug-likeness (QED) is 0.346. The molecule has 0 spiro atoms. The fourth-order valence-corrected chi connectivity index (χ4v) is 4.06. The summed E-state index contributed by atoms with van der Waals surface area (Å²) in [5, 5.41) is 7.15. The van der Waals surface area contributed by atoms with E-state index in [0.717, 1.165) is 11.1 Å². The molecule has 2 heterocycles. The zero-order valence-corrected chi connectivity index (χ0v) is 18.5. The lowest BCUT2D eigenvalue weighted by atomic mass is 10.1. The van der Waals surface area contributed by atoms with Gasteiger partial charge in [-0.2, -0.15) is 18.3 Å². The molecule has 0 unspecified atom stereocenters. The summed E-state index contributed by atoms with van der Waals surface area (Å²) >= 11 is 7.23. The van der Waals surface area contributed by atoms with Gasteiger partial charge in [0.15, 0.2) is 10.9 Å². The van der Waals surface area contributed by atoms with Crippen LogP contribution >= 0.6 is 23.4 Å². The van der Waals surface area contributed by atoms with Crippen LogP contribution in [-0.4, -0.2) is 25.7 Å². The number of carbonyl (C=O) groups is 1. The van der Waals surface area contributed by atoms with Crippen LogP contribution in [0.25, 0.3) is 5.69 Å². The van der Waals surface area contributed by atoms with Crippen LogP contribution in [0.5, 0.6) is 0 Å². The fraction of sp³-hybridized carbons (Fsp3) is 0.0909. The van der Waals surface area contributed by atoms with Crippen LogP contribution in [0.1, 0.15) is 21.6 Å². The average Bonchev–Trinajstić information content (AvgIpc) is 3.23. The van der Waals surface area contributed by atoms with Gasteiger partial charge in [0.2, 0.25) is 0 Å². The van der Waals surface area contributed by atoms with E-state index in [0.29, 0.717) is 21.1 Å². The van der Waals surface area contributed by atoms with Gasteiger partial charge in [-0.3, -0.25) is 4.79 Å². The molecule has 0 saturated carbocycles. The molecule has 1 amide bonds. The predicted molar refractivity (Wildman–Crippen MR) is 119 cm³/mol. The molecule has 11 heteroatoms. The molecule has 4 rings (SSSR count). The number of aryl methyl sites for hydroxylation is 1. The van der Waals surface area contributed by atoms with Crippen molar-refractivity contribution in [3.8, 4) is 5.69 Å². The lowest BCUT2D eigenvalue weighted by molar-refractivity contribution is -0.143. The van der Waals surface area contributed by atoms with E-state index in [1.165, 1.54) is 36.0 Å². The fourth-order valence-electron chi connectivity index (χ4n) is 3.06. The summed E-state index contributed by atoms with van der Waals surface area (Å²) in [4.78, 5) is 21.9. The smallest absolute Gasteiger partial charge is 0.322 e. The third-order valence-electron chi connectivity index (χ3n) is 4.53. The van der Waals surface area contributed by atoms with Gasteiger partial charge in [0.05, 0.1) is 17.4 Å². The molecule has 0 radical (unpaired) electrons. The van der Waals surface area contributed by atoms with Crippen LogP contribution in [0.3, 0.4) is 0 Å². The Morgan fingerprint density at radius 3 is 2.52 bits per heavy atom. The van der Waals surface area contributed by atoms with E-state index < -0.39 is 23.3 Å². The van der Waals surface area contributed by atoms with Gasteiger partial charge in [-0.1, -0.05) is 17.7 Å². The first-order chi connectivity index (χ1) is 15.7. The summed E-state index contributed by atoms with van der Waals surface area (Å²) in [5.74, 6) is -0.925. The van der Waals surface area contributed by atoms with E-state index in [1.54, 1.807) is 43.6 Å². The van der Waals surface area contributed by atoms with Gasteiger partial charge in [0.25, 0.3) is 5.91 Å². The maximum Gasteiger partial charge on any atom is 0.434 e. The molecule has 0 bridgehead atoms. The molecule has 2 aromatic carbocycles. The standard InChI is InChI=1S/C22H15ClF3N5OS/c1-13-10-16(33-21-27-8-3-9-28-21)6-7-18(13)30-20(32)17-12-29-31(19(17)22(24,25)26)15-5-2-4-14(23)11-15/h2-12H,1H3,(H,30,32). The van der Waals surface area contributed by atoms with Crippen molar-refractivity contribution >= 4 is 35.0 Å². The lowest BCUT2D eigenvalue weighted by Gasteiger charge is -2.14. The number of hydrogen-bond donors (Lipinski definition) is 1. The van der Waals surface area contributed by atoms with Crippen LogP contribution in [0, 0.1) is 6.92 Å². The highest BCUT2D eigenvalue weighted by molar-refractivity contribution is 7.99. The zero-order chi connectivity index (χ0) is 23.6. The Hall–Kier alpha value is -3.37. The van der Waals surface area contributed by atoms with Crippen molar-refractivity contribution in [3.63, 3.8) is 0 Å². The molecule has 4 aromatic rings. The summed E-state index contributed by atoms with van der Waals surface area (Å²) in [6.45, 7) is 1.74. The number of rotatable bonds is 5. The summed E-state index contributed by atoms with van der Waals surface area (Å²) in [6, 6.07) is 12.6. The number of carbonyl (C=O) groups excluding carboxylic acids is 1. The largest absolute Gasteiger partial charge is 0.434 e. The number of benzene rings is 2. The van der Waals surface area contributed by atoms with Gasteiger partial charge in [0.1, 0.15) is 0 Å². The molecule has 0 fully saturated rings. The number of nitrogens with zero attached hydrogens (tertiary/aromatic N) is 4. The molecule has 0 aliphatic carbocycles. The molecular formula is C22H15ClF3N5OS. The van der Waals surface area contributed by atoms with Gasteiger partial charge in [0, 0.05) is 28.0 Å². The number of hydrogen-bond acceptors (Lipinski definition) is 5. The van der Waals surface area contributed by atoms with E-state index in [1.807, 2.05) is 0 Å². The van der Waals surface area contributed by atoms with Gasteiger partial charge < -0.3 is 5.32 Å². The number of amides is 1. The van der Waals surface area contributed by atoms with Crippen molar-refractivity contribution in [2.45, 2.75) is 23.2 Å². The Labute approximate surface area is 195 Å². The Balaban J connectivity index is 1.61. The van der Waals surface area contributed by atoms with Crippen molar-refractivity contribution < 1.29 is 18.0 Å². The number of nitrogens with one attached hydrogen (secondary N) is 1. The van der Waals surface area contributed by atoms with E-state index in [-0.39, 0.29) is 10.7 Å². The van der Waals surface area contributed by atoms with Gasteiger partial charge in [-0.05, 0) is 66.7 Å². The summed E-state index contributed by atoms with van der Waals surface area (Å²) in [7, 11) is 0. The van der Waals surface area contributed by atoms with Crippen molar-refractivity contribution in [1.29, 1.82) is 0 Å². The number of alkyl halides is 3. The second-order valence-corrected chi connectivity index (χ2v) is 8.34. The Morgan fingerprint density at radius 2 is 1.85 bits per heavy atom. The monoisotopic (exact) mass is 489 g/mol. The molecule has 1 N–H and O–H groups in total. The minimum atomic E-state index is -4.82. The summed E-state index contributed by atoms with van der Waals surface area (Å²) in [5.41, 5.74) is -0.650. The molecule has 2 aromatic heterocycles. The molecule has 0 saturated heterocycles. The van der Waals surface area contributed by atoms with Crippen molar-refractivity contribution in [2.24, 2.45) is 0 Å². The summed E-state index contributed by atoms with van der Waals surface area (Å²) in [6.07, 6.45) is -0.681. The van der Waals surface area contributed by atoms with Crippen molar-refractivity contribution in [2.75, 3.05) is 5.32 Å². The number of halogens is 4. The second-order valence-electron chi connectivity index (χ2n) is 6.86. The second kappa shape index (κ2) is 9.24. The average molecular weight is 490 g/mol. The van der Waals surface area contributed by atoms with Gasteiger partial charge in [-0.15, -0.1) is 0 Å². The lowest BCUT2D eigenvalue weighted by Crippen LogP contribution is -2.21. The highest BCUT2D eigenvalue weighted by Gasteiger charge is 2.40.